The van der Waals surface area contributed by atoms with Gasteiger partial charge in [-0.05, 0) is 24.3 Å². The number of benzene rings is 1. The van der Waals surface area contributed by atoms with Gasteiger partial charge >= 0.3 is 5.69 Å². The lowest BCUT2D eigenvalue weighted by atomic mass is 10.1. The fraction of sp³-hybridized carbons (Fsp3) is 0.263. The van der Waals surface area contributed by atoms with Crippen molar-refractivity contribution >= 4 is 5.91 Å². The van der Waals surface area contributed by atoms with Gasteiger partial charge in [0.2, 0.25) is 0 Å². The summed E-state index contributed by atoms with van der Waals surface area (Å²) in [5, 5.41) is 7.11. The molecular weight excluding hydrogens is 362 g/mol. The Kier molecular flexibility index (Phi) is 5.73. The van der Waals surface area contributed by atoms with Crippen LogP contribution in [0.4, 0.5) is 0 Å². The van der Waals surface area contributed by atoms with Crippen LogP contribution in [0.1, 0.15) is 10.4 Å². The third-order valence-electron chi connectivity index (χ3n) is 4.22. The molecule has 146 valence electrons. The molecule has 0 fully saturated rings. The number of carbonyl (C=O) groups is 1. The van der Waals surface area contributed by atoms with Gasteiger partial charge in [-0.15, -0.1) is 5.10 Å². The topological polar surface area (TPSA) is 100 Å². The molecule has 1 aromatic carbocycles. The summed E-state index contributed by atoms with van der Waals surface area (Å²) in [5.41, 5.74) is 0.823. The maximum atomic E-state index is 12.5. The Morgan fingerprint density at radius 3 is 2.68 bits per heavy atom. The predicted octanol–water partition coefficient (Wildman–Crippen LogP) is 1.09. The number of pyridine rings is 1. The molecule has 2 aromatic heterocycles. The van der Waals surface area contributed by atoms with Crippen molar-refractivity contribution in [1.82, 2.24) is 24.6 Å². The van der Waals surface area contributed by atoms with E-state index >= 15 is 0 Å². The fourth-order valence-corrected chi connectivity index (χ4v) is 2.82. The van der Waals surface area contributed by atoms with E-state index < -0.39 is 0 Å². The van der Waals surface area contributed by atoms with E-state index in [1.807, 2.05) is 6.07 Å². The molecule has 0 bridgehead atoms. The smallest absolute Gasteiger partial charge is 0.345 e. The summed E-state index contributed by atoms with van der Waals surface area (Å²) in [6, 6.07) is 8.67. The Hall–Kier alpha value is -3.62. The van der Waals surface area contributed by atoms with Crippen LogP contribution in [0.5, 0.6) is 11.5 Å². The van der Waals surface area contributed by atoms with Gasteiger partial charge in [0.25, 0.3) is 5.91 Å². The average Bonchev–Trinajstić information content (AvgIpc) is 3.02. The van der Waals surface area contributed by atoms with Gasteiger partial charge in [0.1, 0.15) is 0 Å². The first-order chi connectivity index (χ1) is 13.6. The fourth-order valence-electron chi connectivity index (χ4n) is 2.82. The summed E-state index contributed by atoms with van der Waals surface area (Å²) in [4.78, 5) is 28.9. The lowest BCUT2D eigenvalue weighted by Gasteiger charge is -2.12. The van der Waals surface area contributed by atoms with Crippen molar-refractivity contribution in [3.8, 4) is 22.9 Å². The maximum Gasteiger partial charge on any atom is 0.345 e. The number of methoxy groups -OCH3 is 2. The van der Waals surface area contributed by atoms with Crippen molar-refractivity contribution in [3.05, 3.63) is 58.8 Å². The molecule has 0 aliphatic carbocycles. The van der Waals surface area contributed by atoms with Crippen LogP contribution in [0.2, 0.25) is 0 Å². The molecule has 0 unspecified atom stereocenters. The molecule has 3 aromatic rings. The zero-order valence-electron chi connectivity index (χ0n) is 15.9. The number of aromatic nitrogens is 4. The van der Waals surface area contributed by atoms with Gasteiger partial charge in [-0.25, -0.2) is 9.48 Å². The molecule has 0 atom stereocenters. The number of amides is 1. The molecule has 1 amide bonds. The second-order valence-electron chi connectivity index (χ2n) is 5.93. The molecule has 1 N–H and O–H groups in total. The number of nitrogens with zero attached hydrogens (tertiary/aromatic N) is 4. The average molecular weight is 383 g/mol. The number of rotatable bonds is 7. The summed E-state index contributed by atoms with van der Waals surface area (Å²) >= 11 is 0. The van der Waals surface area contributed by atoms with Crippen LogP contribution in [-0.2, 0) is 13.6 Å². The first-order valence-electron chi connectivity index (χ1n) is 8.60. The van der Waals surface area contributed by atoms with Gasteiger partial charge in [0.15, 0.2) is 17.3 Å². The maximum absolute atomic E-state index is 12.5. The van der Waals surface area contributed by atoms with Gasteiger partial charge in [-0.2, -0.15) is 0 Å². The molecule has 0 aliphatic rings. The number of hydrogen-bond donors (Lipinski definition) is 1. The highest BCUT2D eigenvalue weighted by Crippen LogP contribution is 2.30. The van der Waals surface area contributed by atoms with E-state index in [4.69, 9.17) is 9.47 Å². The minimum Gasteiger partial charge on any atom is -0.493 e. The molecule has 2 heterocycles. The van der Waals surface area contributed by atoms with Crippen molar-refractivity contribution in [2.45, 2.75) is 6.54 Å². The van der Waals surface area contributed by atoms with E-state index in [2.05, 4.69) is 15.4 Å². The molecule has 28 heavy (non-hydrogen) atoms. The highest BCUT2D eigenvalue weighted by atomic mass is 16.5. The van der Waals surface area contributed by atoms with Gasteiger partial charge in [0.05, 0.1) is 26.3 Å². The molecular formula is C19H21N5O4. The highest BCUT2D eigenvalue weighted by Gasteiger charge is 2.17. The van der Waals surface area contributed by atoms with Crippen molar-refractivity contribution in [2.24, 2.45) is 7.05 Å². The first-order valence-corrected chi connectivity index (χ1v) is 8.60. The van der Waals surface area contributed by atoms with Gasteiger partial charge < -0.3 is 14.8 Å². The largest absolute Gasteiger partial charge is 0.493 e. The zero-order valence-corrected chi connectivity index (χ0v) is 15.9. The van der Waals surface area contributed by atoms with Crippen LogP contribution in [0.15, 0.2) is 47.5 Å². The minimum absolute atomic E-state index is 0.225. The molecule has 0 radical (unpaired) electrons. The van der Waals surface area contributed by atoms with Crippen LogP contribution in [0, 0.1) is 0 Å². The molecule has 9 nitrogen and oxygen atoms in total. The summed E-state index contributed by atoms with van der Waals surface area (Å²) in [7, 11) is 4.63. The Morgan fingerprint density at radius 1 is 1.18 bits per heavy atom. The van der Waals surface area contributed by atoms with E-state index in [9.17, 15) is 9.59 Å². The second-order valence-corrected chi connectivity index (χ2v) is 5.93. The number of carbonyl (C=O) groups excluding carboxylic acids is 1. The lowest BCUT2D eigenvalue weighted by molar-refractivity contribution is 0.0948. The number of para-hydroxylation sites is 1. The summed E-state index contributed by atoms with van der Waals surface area (Å²) in [6.45, 7) is 0.452. The highest BCUT2D eigenvalue weighted by molar-refractivity contribution is 5.97. The van der Waals surface area contributed by atoms with Crippen LogP contribution in [0.25, 0.3) is 11.4 Å². The molecule has 0 saturated heterocycles. The molecule has 9 heteroatoms. The molecule has 0 aliphatic heterocycles. The second kappa shape index (κ2) is 8.38. The van der Waals surface area contributed by atoms with Crippen LogP contribution in [-0.4, -0.2) is 46.0 Å². The van der Waals surface area contributed by atoms with E-state index in [1.54, 1.807) is 43.7 Å². The van der Waals surface area contributed by atoms with Gasteiger partial charge in [-0.3, -0.25) is 14.3 Å². The van der Waals surface area contributed by atoms with Crippen LogP contribution < -0.4 is 20.5 Å². The van der Waals surface area contributed by atoms with Gasteiger partial charge in [-0.1, -0.05) is 6.07 Å². The number of ether oxygens (including phenoxy) is 2. The summed E-state index contributed by atoms with van der Waals surface area (Å²) in [6.07, 6.45) is 3.30. The van der Waals surface area contributed by atoms with E-state index in [1.165, 1.54) is 23.5 Å². The lowest BCUT2D eigenvalue weighted by Crippen LogP contribution is -2.32. The minimum atomic E-state index is -0.327. The van der Waals surface area contributed by atoms with Crippen molar-refractivity contribution in [3.63, 3.8) is 0 Å². The first kappa shape index (κ1) is 19.2. The Morgan fingerprint density at radius 2 is 2.00 bits per heavy atom. The molecule has 0 saturated carbocycles. The normalized spacial score (nSPS) is 10.5. The van der Waals surface area contributed by atoms with E-state index in [0.29, 0.717) is 22.9 Å². The standard InChI is InChI=1S/C19H21N5O4/c1-23-17(13-6-5-9-20-12-13)22-24(19(23)26)11-10-21-18(25)14-7-4-8-15(27-2)16(14)28-3/h4-9,12H,10-11H2,1-3H3,(H,21,25). The Bertz CT molecular complexity index is 1030. The van der Waals surface area contributed by atoms with E-state index in [-0.39, 0.29) is 24.7 Å². The Labute approximate surface area is 161 Å². The van der Waals surface area contributed by atoms with Crippen LogP contribution in [0.3, 0.4) is 0 Å². The molecule has 3 rings (SSSR count). The van der Waals surface area contributed by atoms with Gasteiger partial charge in [0, 0.05) is 31.5 Å². The summed E-state index contributed by atoms with van der Waals surface area (Å²) < 4.78 is 13.2. The predicted molar refractivity (Wildman–Crippen MR) is 103 cm³/mol. The SMILES string of the molecule is COc1cccc(C(=O)NCCn2nc(-c3cccnc3)n(C)c2=O)c1OC. The zero-order chi connectivity index (χ0) is 20.1. The third kappa shape index (κ3) is 3.73. The van der Waals surface area contributed by atoms with Crippen molar-refractivity contribution in [1.29, 1.82) is 0 Å². The number of hydrogen-bond acceptors (Lipinski definition) is 6. The van der Waals surface area contributed by atoms with Crippen LogP contribution >= 0.6 is 0 Å². The van der Waals surface area contributed by atoms with Crippen molar-refractivity contribution < 1.29 is 14.3 Å². The summed E-state index contributed by atoms with van der Waals surface area (Å²) in [5.74, 6) is 1.01. The number of nitrogens with one attached hydrogen (secondary N) is 1. The Balaban J connectivity index is 1.71. The van der Waals surface area contributed by atoms with Crippen molar-refractivity contribution in [2.75, 3.05) is 20.8 Å². The third-order valence-corrected chi connectivity index (χ3v) is 4.22. The molecule has 0 spiro atoms. The van der Waals surface area contributed by atoms with E-state index in [0.717, 1.165) is 5.56 Å². The quantitative estimate of drug-likeness (QED) is 0.656. The monoisotopic (exact) mass is 383 g/mol.